The second-order valence-corrected chi connectivity index (χ2v) is 6.54. The van der Waals surface area contributed by atoms with Gasteiger partial charge in [0.1, 0.15) is 0 Å². The molecule has 2 aromatic rings. The van der Waals surface area contributed by atoms with E-state index < -0.39 is 5.91 Å². The minimum atomic E-state index is -0.412. The van der Waals surface area contributed by atoms with Crippen molar-refractivity contribution in [2.45, 2.75) is 13.5 Å². The van der Waals surface area contributed by atoms with E-state index in [1.54, 1.807) is 6.07 Å². The Balaban J connectivity index is 0.00000280. The number of amides is 1. The molecule has 0 aromatic heterocycles. The highest BCUT2D eigenvalue weighted by Crippen LogP contribution is 2.15. The zero-order chi connectivity index (χ0) is 19.1. The first kappa shape index (κ1) is 22.0. The molecule has 3 rings (SSSR count). The van der Waals surface area contributed by atoms with Crippen LogP contribution in [0, 0.1) is 0 Å². The Morgan fingerprint density at radius 2 is 1.79 bits per heavy atom. The molecule has 1 aliphatic rings. The fraction of sp³-hybridized carbons (Fsp3) is 0.333. The Morgan fingerprint density at radius 1 is 1.07 bits per heavy atom. The molecular formula is C21H28IN5O. The summed E-state index contributed by atoms with van der Waals surface area (Å²) in [6.07, 6.45) is 0. The maximum atomic E-state index is 11.4. The van der Waals surface area contributed by atoms with Crippen LogP contribution in [0.1, 0.15) is 22.8 Å². The van der Waals surface area contributed by atoms with E-state index in [1.165, 1.54) is 5.69 Å². The molecule has 1 heterocycles. The third-order valence-corrected chi connectivity index (χ3v) is 4.66. The van der Waals surface area contributed by atoms with Gasteiger partial charge in [0, 0.05) is 44.0 Å². The van der Waals surface area contributed by atoms with Crippen LogP contribution in [0.15, 0.2) is 59.6 Å². The summed E-state index contributed by atoms with van der Waals surface area (Å²) in [4.78, 5) is 20.8. The summed E-state index contributed by atoms with van der Waals surface area (Å²) in [5.41, 5.74) is 8.12. The lowest BCUT2D eigenvalue weighted by atomic mass is 10.1. The number of halogens is 1. The van der Waals surface area contributed by atoms with E-state index in [9.17, 15) is 4.79 Å². The van der Waals surface area contributed by atoms with Crippen LogP contribution >= 0.6 is 24.0 Å². The molecule has 1 amide bonds. The summed E-state index contributed by atoms with van der Waals surface area (Å²) >= 11 is 0. The fourth-order valence-electron chi connectivity index (χ4n) is 3.23. The topological polar surface area (TPSA) is 74.0 Å². The maximum Gasteiger partial charge on any atom is 0.248 e. The van der Waals surface area contributed by atoms with Gasteiger partial charge in [0.25, 0.3) is 0 Å². The van der Waals surface area contributed by atoms with E-state index >= 15 is 0 Å². The van der Waals surface area contributed by atoms with Crippen LogP contribution in [0.4, 0.5) is 5.69 Å². The number of piperazine rings is 1. The van der Waals surface area contributed by atoms with Crippen molar-refractivity contribution in [2.75, 3.05) is 37.6 Å². The molecule has 0 spiro atoms. The van der Waals surface area contributed by atoms with Crippen LogP contribution in [0.25, 0.3) is 0 Å². The number of nitrogens with two attached hydrogens (primary N) is 1. The summed E-state index contributed by atoms with van der Waals surface area (Å²) in [5, 5.41) is 3.38. The molecule has 0 aliphatic carbocycles. The van der Waals surface area contributed by atoms with Crippen LogP contribution in [0.3, 0.4) is 0 Å². The van der Waals surface area contributed by atoms with E-state index in [1.807, 2.05) is 24.3 Å². The third-order valence-electron chi connectivity index (χ3n) is 4.66. The molecule has 6 nitrogen and oxygen atoms in total. The number of guanidine groups is 1. The van der Waals surface area contributed by atoms with Gasteiger partial charge in [0.05, 0.1) is 6.54 Å². The zero-order valence-corrected chi connectivity index (χ0v) is 18.5. The number of hydrogen-bond acceptors (Lipinski definition) is 3. The van der Waals surface area contributed by atoms with Crippen molar-refractivity contribution >= 4 is 41.5 Å². The standard InChI is InChI=1S/C21H27N5O.HI/c1-2-23-21(24-16-17-7-6-8-18(15-17)20(22)27)26-13-11-25(12-14-26)19-9-4-3-5-10-19;/h3-10,15H,2,11-14,16H2,1H3,(H2,22,27)(H,23,24);1H. The van der Waals surface area contributed by atoms with E-state index in [0.29, 0.717) is 12.1 Å². The molecule has 1 fully saturated rings. The van der Waals surface area contributed by atoms with Crippen LogP contribution in [-0.4, -0.2) is 49.5 Å². The lowest BCUT2D eigenvalue weighted by molar-refractivity contribution is 0.1000. The Kier molecular flexibility index (Phi) is 8.56. The van der Waals surface area contributed by atoms with Crippen molar-refractivity contribution in [3.05, 3.63) is 65.7 Å². The average molecular weight is 493 g/mol. The number of para-hydroxylation sites is 1. The van der Waals surface area contributed by atoms with Crippen molar-refractivity contribution < 1.29 is 4.79 Å². The van der Waals surface area contributed by atoms with Gasteiger partial charge >= 0.3 is 0 Å². The Bertz CT molecular complexity index is 788. The van der Waals surface area contributed by atoms with Crippen molar-refractivity contribution in [3.8, 4) is 0 Å². The van der Waals surface area contributed by atoms with Gasteiger partial charge in [-0.3, -0.25) is 4.79 Å². The molecule has 3 N–H and O–H groups in total. The summed E-state index contributed by atoms with van der Waals surface area (Å²) < 4.78 is 0. The van der Waals surface area contributed by atoms with Crippen molar-refractivity contribution in [2.24, 2.45) is 10.7 Å². The zero-order valence-electron chi connectivity index (χ0n) is 16.2. The number of anilines is 1. The van der Waals surface area contributed by atoms with Gasteiger partial charge in [-0.1, -0.05) is 30.3 Å². The summed E-state index contributed by atoms with van der Waals surface area (Å²) in [7, 11) is 0. The summed E-state index contributed by atoms with van der Waals surface area (Å²) in [6.45, 7) is 7.17. The molecule has 28 heavy (non-hydrogen) atoms. The number of nitrogens with zero attached hydrogens (tertiary/aromatic N) is 3. The Morgan fingerprint density at radius 3 is 2.43 bits per heavy atom. The molecule has 0 radical (unpaired) electrons. The number of hydrogen-bond donors (Lipinski definition) is 2. The molecule has 0 atom stereocenters. The van der Waals surface area contributed by atoms with Gasteiger partial charge in [-0.15, -0.1) is 24.0 Å². The largest absolute Gasteiger partial charge is 0.368 e. The van der Waals surface area contributed by atoms with E-state index in [2.05, 4.69) is 46.3 Å². The highest BCUT2D eigenvalue weighted by atomic mass is 127. The molecule has 7 heteroatoms. The van der Waals surface area contributed by atoms with Crippen molar-refractivity contribution in [3.63, 3.8) is 0 Å². The second kappa shape index (κ2) is 10.9. The predicted molar refractivity (Wildman–Crippen MR) is 125 cm³/mol. The molecule has 0 bridgehead atoms. The van der Waals surface area contributed by atoms with Crippen molar-refractivity contribution in [1.82, 2.24) is 10.2 Å². The highest BCUT2D eigenvalue weighted by molar-refractivity contribution is 14.0. The number of primary amides is 1. The van der Waals surface area contributed by atoms with Gasteiger partial charge in [-0.25, -0.2) is 4.99 Å². The van der Waals surface area contributed by atoms with E-state index in [4.69, 9.17) is 10.7 Å². The average Bonchev–Trinajstić information content (AvgIpc) is 2.72. The van der Waals surface area contributed by atoms with Crippen LogP contribution in [-0.2, 0) is 6.54 Å². The summed E-state index contributed by atoms with van der Waals surface area (Å²) in [5.74, 6) is 0.499. The minimum absolute atomic E-state index is 0. The molecular weight excluding hydrogens is 465 g/mol. The fourth-order valence-corrected chi connectivity index (χ4v) is 3.23. The number of benzene rings is 2. The second-order valence-electron chi connectivity index (χ2n) is 6.54. The predicted octanol–water partition coefficient (Wildman–Crippen LogP) is 2.69. The molecule has 1 aliphatic heterocycles. The Labute approximate surface area is 183 Å². The van der Waals surface area contributed by atoms with Gasteiger partial charge in [0.15, 0.2) is 5.96 Å². The molecule has 0 saturated carbocycles. The summed E-state index contributed by atoms with van der Waals surface area (Å²) in [6, 6.07) is 17.8. The number of rotatable bonds is 5. The Hall–Kier alpha value is -2.29. The van der Waals surface area contributed by atoms with Crippen LogP contribution in [0.2, 0.25) is 0 Å². The first-order chi connectivity index (χ1) is 13.2. The smallest absolute Gasteiger partial charge is 0.248 e. The number of carbonyl (C=O) groups is 1. The first-order valence-corrected chi connectivity index (χ1v) is 9.39. The highest BCUT2D eigenvalue weighted by Gasteiger charge is 2.19. The van der Waals surface area contributed by atoms with E-state index in [-0.39, 0.29) is 24.0 Å². The van der Waals surface area contributed by atoms with Crippen LogP contribution < -0.4 is 16.0 Å². The quantitative estimate of drug-likeness (QED) is 0.382. The van der Waals surface area contributed by atoms with Gasteiger partial charge in [-0.05, 0) is 36.8 Å². The lowest BCUT2D eigenvalue weighted by Gasteiger charge is -2.37. The molecule has 2 aromatic carbocycles. The monoisotopic (exact) mass is 493 g/mol. The number of aliphatic imine (C=N–C) groups is 1. The van der Waals surface area contributed by atoms with Gasteiger partial charge in [0.2, 0.25) is 5.91 Å². The van der Waals surface area contributed by atoms with Gasteiger partial charge < -0.3 is 20.9 Å². The van der Waals surface area contributed by atoms with Crippen molar-refractivity contribution in [1.29, 1.82) is 0 Å². The lowest BCUT2D eigenvalue weighted by Crippen LogP contribution is -2.52. The molecule has 1 saturated heterocycles. The third kappa shape index (κ3) is 5.85. The SMILES string of the molecule is CCNC(=NCc1cccc(C(N)=O)c1)N1CCN(c2ccccc2)CC1.I. The first-order valence-electron chi connectivity index (χ1n) is 9.39. The molecule has 0 unspecified atom stereocenters. The maximum absolute atomic E-state index is 11.4. The van der Waals surface area contributed by atoms with Gasteiger partial charge in [-0.2, -0.15) is 0 Å². The normalized spacial score (nSPS) is 14.4. The number of nitrogens with one attached hydrogen (secondary N) is 1. The minimum Gasteiger partial charge on any atom is -0.368 e. The number of carbonyl (C=O) groups excluding carboxylic acids is 1. The van der Waals surface area contributed by atoms with Crippen LogP contribution in [0.5, 0.6) is 0 Å². The van der Waals surface area contributed by atoms with E-state index in [0.717, 1.165) is 44.2 Å². The molecule has 150 valence electrons.